The summed E-state index contributed by atoms with van der Waals surface area (Å²) in [6, 6.07) is 12.8. The quantitative estimate of drug-likeness (QED) is 0.336. The van der Waals surface area contributed by atoms with Gasteiger partial charge in [-0.2, -0.15) is 0 Å². The van der Waals surface area contributed by atoms with Gasteiger partial charge in [-0.15, -0.1) is 0 Å². The number of aryl methyl sites for hydroxylation is 1. The largest absolute Gasteiger partial charge is 0.507 e. The van der Waals surface area contributed by atoms with Crippen molar-refractivity contribution in [1.82, 2.24) is 0 Å². The molecule has 0 aliphatic rings. The Hall–Kier alpha value is -1.76. The van der Waals surface area contributed by atoms with Gasteiger partial charge < -0.3 is 5.11 Å². The van der Waals surface area contributed by atoms with E-state index >= 15 is 0 Å². The Morgan fingerprint density at radius 2 is 1.41 bits per heavy atom. The van der Waals surface area contributed by atoms with E-state index in [0.717, 1.165) is 24.8 Å². The smallest absolute Gasteiger partial charge is 0.123 e. The minimum Gasteiger partial charge on any atom is -0.507 e. The van der Waals surface area contributed by atoms with Crippen LogP contribution in [0.4, 0.5) is 0 Å². The first-order valence-corrected chi connectivity index (χ1v) is 12.1. The molecular formula is C28H42O. The fourth-order valence-corrected chi connectivity index (χ4v) is 4.35. The van der Waals surface area contributed by atoms with E-state index in [1.54, 1.807) is 0 Å². The third-order valence-corrected chi connectivity index (χ3v) is 6.34. The van der Waals surface area contributed by atoms with Crippen molar-refractivity contribution in [3.63, 3.8) is 0 Å². The summed E-state index contributed by atoms with van der Waals surface area (Å²) in [6.45, 7) is 9.05. The molecule has 0 saturated carbocycles. The summed E-state index contributed by atoms with van der Waals surface area (Å²) in [7, 11) is 0. The first-order chi connectivity index (χ1) is 14.1. The lowest BCUT2D eigenvalue weighted by atomic mass is 9.84. The van der Waals surface area contributed by atoms with Gasteiger partial charge in [-0.1, -0.05) is 96.6 Å². The van der Waals surface area contributed by atoms with Crippen LogP contribution in [0.15, 0.2) is 36.4 Å². The maximum absolute atomic E-state index is 10.9. The summed E-state index contributed by atoms with van der Waals surface area (Å²) < 4.78 is 0. The Morgan fingerprint density at radius 1 is 0.759 bits per heavy atom. The predicted octanol–water partition coefficient (Wildman–Crippen LogP) is 8.82. The molecule has 0 fully saturated rings. The number of benzene rings is 2. The Labute approximate surface area is 179 Å². The molecule has 1 atom stereocenters. The maximum atomic E-state index is 10.9. The minimum atomic E-state index is 0.431. The Kier molecular flexibility index (Phi) is 10.3. The summed E-state index contributed by atoms with van der Waals surface area (Å²) >= 11 is 0. The number of rotatable bonds is 13. The van der Waals surface area contributed by atoms with Crippen LogP contribution in [-0.4, -0.2) is 5.11 Å². The standard InChI is InChI=1S/C28H42O/c1-5-8-10-12-16-23-17-14-20-26(25(23)18-13-11-9-6-2)28-24(22(4)7-3)19-15-21-27(28)29/h14-15,17,19-22,29H,5-13,16,18H2,1-4H3. The summed E-state index contributed by atoms with van der Waals surface area (Å²) in [5.41, 5.74) is 6.59. The van der Waals surface area contributed by atoms with Crippen LogP contribution in [0.25, 0.3) is 11.1 Å². The zero-order chi connectivity index (χ0) is 21.1. The van der Waals surface area contributed by atoms with Crippen LogP contribution >= 0.6 is 0 Å². The van der Waals surface area contributed by atoms with Gasteiger partial charge in [0.2, 0.25) is 0 Å². The molecular weight excluding hydrogens is 352 g/mol. The van der Waals surface area contributed by atoms with Crippen molar-refractivity contribution in [2.75, 3.05) is 0 Å². The lowest BCUT2D eigenvalue weighted by molar-refractivity contribution is 0.476. The van der Waals surface area contributed by atoms with Gasteiger partial charge in [0.1, 0.15) is 5.75 Å². The van der Waals surface area contributed by atoms with Crippen molar-refractivity contribution < 1.29 is 5.11 Å². The molecule has 1 N–H and O–H groups in total. The first kappa shape index (κ1) is 23.5. The number of hydrogen-bond donors (Lipinski definition) is 1. The molecule has 0 aliphatic carbocycles. The SMILES string of the molecule is CCCCCCc1cccc(-c2c(O)cccc2C(C)CC)c1CCCCCC. The number of hydrogen-bond acceptors (Lipinski definition) is 1. The molecule has 2 rings (SSSR count). The van der Waals surface area contributed by atoms with E-state index in [1.165, 1.54) is 73.6 Å². The predicted molar refractivity (Wildman–Crippen MR) is 128 cm³/mol. The number of phenolic OH excluding ortho intramolecular Hbond substituents is 1. The lowest BCUT2D eigenvalue weighted by Gasteiger charge is -2.21. The first-order valence-electron chi connectivity index (χ1n) is 12.1. The van der Waals surface area contributed by atoms with E-state index in [0.29, 0.717) is 11.7 Å². The van der Waals surface area contributed by atoms with Gasteiger partial charge >= 0.3 is 0 Å². The average Bonchev–Trinajstić information content (AvgIpc) is 2.74. The van der Waals surface area contributed by atoms with E-state index in [-0.39, 0.29) is 0 Å². The highest BCUT2D eigenvalue weighted by Gasteiger charge is 2.18. The van der Waals surface area contributed by atoms with Crippen LogP contribution in [0.2, 0.25) is 0 Å². The van der Waals surface area contributed by atoms with E-state index in [4.69, 9.17) is 0 Å². The van der Waals surface area contributed by atoms with Gasteiger partial charge in [-0.3, -0.25) is 0 Å². The van der Waals surface area contributed by atoms with Crippen molar-refractivity contribution in [2.45, 2.75) is 104 Å². The van der Waals surface area contributed by atoms with Gasteiger partial charge in [0, 0.05) is 5.56 Å². The van der Waals surface area contributed by atoms with Crippen LogP contribution in [-0.2, 0) is 12.8 Å². The van der Waals surface area contributed by atoms with Crippen molar-refractivity contribution in [2.24, 2.45) is 0 Å². The molecule has 160 valence electrons. The van der Waals surface area contributed by atoms with E-state index in [1.807, 2.05) is 12.1 Å². The van der Waals surface area contributed by atoms with E-state index < -0.39 is 0 Å². The van der Waals surface area contributed by atoms with Crippen molar-refractivity contribution in [3.05, 3.63) is 53.1 Å². The molecule has 1 unspecified atom stereocenters. The molecule has 0 bridgehead atoms. The van der Waals surface area contributed by atoms with Gasteiger partial charge in [0.25, 0.3) is 0 Å². The monoisotopic (exact) mass is 394 g/mol. The van der Waals surface area contributed by atoms with Crippen molar-refractivity contribution in [1.29, 1.82) is 0 Å². The molecule has 0 amide bonds. The Balaban J connectivity index is 2.45. The molecule has 1 heteroatoms. The highest BCUT2D eigenvalue weighted by molar-refractivity contribution is 5.77. The minimum absolute atomic E-state index is 0.431. The van der Waals surface area contributed by atoms with E-state index in [9.17, 15) is 5.11 Å². The third kappa shape index (κ3) is 6.63. The van der Waals surface area contributed by atoms with E-state index in [2.05, 4.69) is 52.0 Å². The third-order valence-electron chi connectivity index (χ3n) is 6.34. The molecule has 0 heterocycles. The second-order valence-electron chi connectivity index (χ2n) is 8.62. The zero-order valence-corrected chi connectivity index (χ0v) is 19.3. The summed E-state index contributed by atoms with van der Waals surface area (Å²) in [6.07, 6.45) is 13.6. The van der Waals surface area contributed by atoms with Gasteiger partial charge in [0.15, 0.2) is 0 Å². The Bertz CT molecular complexity index is 731. The van der Waals surface area contributed by atoms with Crippen molar-refractivity contribution >= 4 is 0 Å². The van der Waals surface area contributed by atoms with Crippen LogP contribution < -0.4 is 0 Å². The second kappa shape index (κ2) is 12.7. The summed E-state index contributed by atoms with van der Waals surface area (Å²) in [5, 5.41) is 10.9. The molecule has 0 aliphatic heterocycles. The van der Waals surface area contributed by atoms with Crippen LogP contribution in [0.5, 0.6) is 5.75 Å². The average molecular weight is 395 g/mol. The maximum Gasteiger partial charge on any atom is 0.123 e. The molecule has 2 aromatic carbocycles. The summed E-state index contributed by atoms with van der Waals surface area (Å²) in [5.74, 6) is 0.874. The highest BCUT2D eigenvalue weighted by atomic mass is 16.3. The fourth-order valence-electron chi connectivity index (χ4n) is 4.35. The molecule has 0 radical (unpaired) electrons. The number of unbranched alkanes of at least 4 members (excludes halogenated alkanes) is 6. The van der Waals surface area contributed by atoms with Gasteiger partial charge in [-0.05, 0) is 66.3 Å². The van der Waals surface area contributed by atoms with Crippen LogP contribution in [0.1, 0.15) is 108 Å². The van der Waals surface area contributed by atoms with Crippen LogP contribution in [0, 0.1) is 0 Å². The number of aromatic hydroxyl groups is 1. The van der Waals surface area contributed by atoms with Gasteiger partial charge in [0.05, 0.1) is 0 Å². The Morgan fingerprint density at radius 3 is 2.07 bits per heavy atom. The van der Waals surface area contributed by atoms with Gasteiger partial charge in [-0.25, -0.2) is 0 Å². The topological polar surface area (TPSA) is 20.2 Å². The fraction of sp³-hybridized carbons (Fsp3) is 0.571. The van der Waals surface area contributed by atoms with Crippen molar-refractivity contribution in [3.8, 4) is 16.9 Å². The molecule has 29 heavy (non-hydrogen) atoms. The summed E-state index contributed by atoms with van der Waals surface area (Å²) in [4.78, 5) is 0. The molecule has 0 spiro atoms. The molecule has 2 aromatic rings. The highest BCUT2D eigenvalue weighted by Crippen LogP contribution is 2.40. The normalized spacial score (nSPS) is 12.3. The van der Waals surface area contributed by atoms with Crippen LogP contribution in [0.3, 0.4) is 0 Å². The second-order valence-corrected chi connectivity index (χ2v) is 8.62. The molecule has 0 saturated heterocycles. The lowest BCUT2D eigenvalue weighted by Crippen LogP contribution is -2.02. The molecule has 0 aromatic heterocycles. The zero-order valence-electron chi connectivity index (χ0n) is 19.3. The molecule has 1 nitrogen and oxygen atoms in total. The number of phenols is 1.